The highest BCUT2D eigenvalue weighted by Crippen LogP contribution is 2.32. The van der Waals surface area contributed by atoms with E-state index in [9.17, 15) is 8.42 Å². The maximum absolute atomic E-state index is 13.3. The van der Waals surface area contributed by atoms with Crippen LogP contribution in [-0.2, 0) is 16.6 Å². The third kappa shape index (κ3) is 2.71. The number of rotatable bonds is 3. The Bertz CT molecular complexity index is 825. The van der Waals surface area contributed by atoms with Crippen molar-refractivity contribution in [2.45, 2.75) is 44.7 Å². The summed E-state index contributed by atoms with van der Waals surface area (Å²) in [7, 11) is -1.67. The molecule has 7 heteroatoms. The van der Waals surface area contributed by atoms with Gasteiger partial charge in [-0.25, -0.2) is 8.42 Å². The van der Waals surface area contributed by atoms with E-state index in [1.807, 2.05) is 38.2 Å². The van der Waals surface area contributed by atoms with E-state index in [1.165, 1.54) is 0 Å². The fraction of sp³-hybridized carbons (Fsp3) is 0.471. The molecule has 24 heavy (non-hydrogen) atoms. The molecule has 130 valence electrons. The van der Waals surface area contributed by atoms with Gasteiger partial charge in [-0.15, -0.1) is 0 Å². The number of benzene rings is 1. The molecule has 0 N–H and O–H groups in total. The lowest BCUT2D eigenvalue weighted by atomic mass is 10.1. The monoisotopic (exact) mass is 349 g/mol. The number of aromatic nitrogens is 1. The van der Waals surface area contributed by atoms with Crippen molar-refractivity contribution >= 4 is 15.7 Å². The summed E-state index contributed by atoms with van der Waals surface area (Å²) < 4.78 is 33.4. The van der Waals surface area contributed by atoms with Gasteiger partial charge in [0.2, 0.25) is 10.0 Å². The highest BCUT2D eigenvalue weighted by molar-refractivity contribution is 7.89. The van der Waals surface area contributed by atoms with Crippen molar-refractivity contribution in [1.29, 1.82) is 0 Å². The lowest BCUT2D eigenvalue weighted by Gasteiger charge is -2.29. The number of fused-ring (bicyclic) bond motifs is 1. The first-order valence-corrected chi connectivity index (χ1v) is 9.54. The van der Waals surface area contributed by atoms with Gasteiger partial charge in [0.15, 0.2) is 5.76 Å². The molecule has 0 radical (unpaired) electrons. The van der Waals surface area contributed by atoms with E-state index in [1.54, 1.807) is 18.2 Å². The van der Waals surface area contributed by atoms with Crippen LogP contribution >= 0.6 is 0 Å². The number of anilines is 1. The predicted octanol–water partition coefficient (Wildman–Crippen LogP) is 2.71. The Morgan fingerprint density at radius 1 is 1.29 bits per heavy atom. The van der Waals surface area contributed by atoms with E-state index < -0.39 is 10.0 Å². The SMILES string of the molecule is CCC1CN(C)c2ccccc2CN1S(=O)(=O)c1c(C)noc1C. The smallest absolute Gasteiger partial charge is 0.249 e. The van der Waals surface area contributed by atoms with Crippen molar-refractivity contribution in [2.24, 2.45) is 0 Å². The highest BCUT2D eigenvalue weighted by Gasteiger charge is 2.37. The van der Waals surface area contributed by atoms with Gasteiger partial charge in [-0.1, -0.05) is 30.3 Å². The Hall–Kier alpha value is -1.86. The van der Waals surface area contributed by atoms with E-state index in [-0.39, 0.29) is 10.9 Å². The topological polar surface area (TPSA) is 66.7 Å². The maximum Gasteiger partial charge on any atom is 0.249 e. The molecule has 0 bridgehead atoms. The fourth-order valence-corrected chi connectivity index (χ4v) is 5.36. The summed E-state index contributed by atoms with van der Waals surface area (Å²) in [5, 5.41) is 3.82. The van der Waals surface area contributed by atoms with Gasteiger partial charge in [-0.3, -0.25) is 0 Å². The normalized spacial score (nSPS) is 19.2. The van der Waals surface area contributed by atoms with Gasteiger partial charge >= 0.3 is 0 Å². The maximum atomic E-state index is 13.3. The Morgan fingerprint density at radius 2 is 2.00 bits per heavy atom. The summed E-state index contributed by atoms with van der Waals surface area (Å²) in [5.41, 5.74) is 2.49. The molecular formula is C17H23N3O3S. The summed E-state index contributed by atoms with van der Waals surface area (Å²) in [5.74, 6) is 0.341. The lowest BCUT2D eigenvalue weighted by molar-refractivity contribution is 0.314. The second-order valence-corrected chi connectivity index (χ2v) is 8.10. The van der Waals surface area contributed by atoms with E-state index in [0.717, 1.165) is 17.7 Å². The largest absolute Gasteiger partial charge is 0.373 e. The quantitative estimate of drug-likeness (QED) is 0.852. The first kappa shape index (κ1) is 17.0. The third-order valence-electron chi connectivity index (χ3n) is 4.63. The Labute approximate surface area is 143 Å². The van der Waals surface area contributed by atoms with E-state index in [2.05, 4.69) is 10.1 Å². The zero-order valence-corrected chi connectivity index (χ0v) is 15.3. The molecule has 0 amide bonds. The number of aryl methyl sites for hydroxylation is 2. The van der Waals surface area contributed by atoms with Crippen LogP contribution in [0.25, 0.3) is 0 Å². The van der Waals surface area contributed by atoms with E-state index in [0.29, 0.717) is 24.5 Å². The Morgan fingerprint density at radius 3 is 2.62 bits per heavy atom. The second-order valence-electron chi connectivity index (χ2n) is 6.27. The zero-order valence-electron chi connectivity index (χ0n) is 14.5. The van der Waals surface area contributed by atoms with Gasteiger partial charge < -0.3 is 9.42 Å². The van der Waals surface area contributed by atoms with E-state index >= 15 is 0 Å². The summed E-state index contributed by atoms with van der Waals surface area (Å²) in [4.78, 5) is 2.33. The molecular weight excluding hydrogens is 326 g/mol. The first-order valence-electron chi connectivity index (χ1n) is 8.10. The molecule has 1 unspecified atom stereocenters. The van der Waals surface area contributed by atoms with Crippen LogP contribution in [0.1, 0.15) is 30.4 Å². The fourth-order valence-electron chi connectivity index (χ4n) is 3.39. The summed E-state index contributed by atoms with van der Waals surface area (Å²) >= 11 is 0. The third-order valence-corrected chi connectivity index (χ3v) is 6.77. The standard InChI is InChI=1S/C17H23N3O3S/c1-5-15-11-19(4)16-9-7-6-8-14(16)10-20(15)24(21,22)17-12(2)18-23-13(17)3/h6-9,15H,5,10-11H2,1-4H3. The van der Waals surface area contributed by atoms with Gasteiger partial charge in [0.1, 0.15) is 10.6 Å². The zero-order chi connectivity index (χ0) is 17.5. The van der Waals surface area contributed by atoms with Crippen LogP contribution in [0.4, 0.5) is 5.69 Å². The van der Waals surface area contributed by atoms with Crippen LogP contribution in [0, 0.1) is 13.8 Å². The predicted molar refractivity (Wildman–Crippen MR) is 92.5 cm³/mol. The summed E-state index contributed by atoms with van der Waals surface area (Å²) in [6, 6.07) is 7.84. The Balaban J connectivity index is 2.11. The van der Waals surface area contributed by atoms with Crippen molar-refractivity contribution in [2.75, 3.05) is 18.5 Å². The number of sulfonamides is 1. The number of hydrogen-bond acceptors (Lipinski definition) is 5. The van der Waals surface area contributed by atoms with Crippen molar-refractivity contribution in [3.05, 3.63) is 41.3 Å². The molecule has 6 nitrogen and oxygen atoms in total. The molecule has 1 aliphatic heterocycles. The van der Waals surface area contributed by atoms with Crippen LogP contribution in [-0.4, -0.2) is 37.5 Å². The van der Waals surface area contributed by atoms with Gasteiger partial charge in [-0.2, -0.15) is 4.31 Å². The molecule has 2 aromatic rings. The van der Waals surface area contributed by atoms with Gasteiger partial charge in [-0.05, 0) is 31.9 Å². The van der Waals surface area contributed by atoms with Crippen LogP contribution in [0.5, 0.6) is 0 Å². The highest BCUT2D eigenvalue weighted by atomic mass is 32.2. The molecule has 1 aliphatic rings. The number of likely N-dealkylation sites (N-methyl/N-ethyl adjacent to an activating group) is 1. The van der Waals surface area contributed by atoms with Crippen LogP contribution < -0.4 is 4.90 Å². The van der Waals surface area contributed by atoms with Crippen LogP contribution in [0.2, 0.25) is 0 Å². The molecule has 0 saturated heterocycles. The molecule has 1 aromatic carbocycles. The van der Waals surface area contributed by atoms with E-state index in [4.69, 9.17) is 4.52 Å². The van der Waals surface area contributed by atoms with Crippen molar-refractivity contribution in [3.8, 4) is 0 Å². The Kier molecular flexibility index (Phi) is 4.40. The average molecular weight is 349 g/mol. The molecule has 1 atom stereocenters. The van der Waals surface area contributed by atoms with Crippen molar-refractivity contribution in [1.82, 2.24) is 9.46 Å². The molecule has 2 heterocycles. The minimum atomic E-state index is -3.68. The number of para-hydroxylation sites is 1. The van der Waals surface area contributed by atoms with Crippen molar-refractivity contribution < 1.29 is 12.9 Å². The van der Waals surface area contributed by atoms with Gasteiger partial charge in [0, 0.05) is 31.9 Å². The summed E-state index contributed by atoms with van der Waals surface area (Å²) in [6.07, 6.45) is 0.737. The van der Waals surface area contributed by atoms with Crippen molar-refractivity contribution in [3.63, 3.8) is 0 Å². The van der Waals surface area contributed by atoms with Gasteiger partial charge in [0.05, 0.1) is 0 Å². The first-order chi connectivity index (χ1) is 11.4. The minimum Gasteiger partial charge on any atom is -0.373 e. The minimum absolute atomic E-state index is 0.110. The lowest BCUT2D eigenvalue weighted by Crippen LogP contribution is -2.43. The van der Waals surface area contributed by atoms with Gasteiger partial charge in [0.25, 0.3) is 0 Å². The van der Waals surface area contributed by atoms with Crippen LogP contribution in [0.15, 0.2) is 33.7 Å². The molecule has 0 saturated carbocycles. The number of hydrogen-bond donors (Lipinski definition) is 0. The number of nitrogens with zero attached hydrogens (tertiary/aromatic N) is 3. The molecule has 0 spiro atoms. The molecule has 0 aliphatic carbocycles. The average Bonchev–Trinajstić information content (AvgIpc) is 2.81. The molecule has 3 rings (SSSR count). The van der Waals surface area contributed by atoms with Crippen LogP contribution in [0.3, 0.4) is 0 Å². The second kappa shape index (κ2) is 6.22. The molecule has 0 fully saturated rings. The molecule has 1 aromatic heterocycles. The summed E-state index contributed by atoms with van der Waals surface area (Å²) in [6.45, 7) is 6.33.